The molecule has 1 aromatic heterocycles. The maximum Gasteiger partial charge on any atom is 0.228 e. The van der Waals surface area contributed by atoms with Gasteiger partial charge in [0.1, 0.15) is 0 Å². The Hall–Kier alpha value is -1.72. The number of ether oxygens (including phenoxy) is 1. The summed E-state index contributed by atoms with van der Waals surface area (Å²) in [7, 11) is 1.62. The second kappa shape index (κ2) is 6.28. The van der Waals surface area contributed by atoms with Crippen LogP contribution in [0.4, 0.5) is 0 Å². The van der Waals surface area contributed by atoms with Crippen LogP contribution in [0, 0.1) is 0 Å². The second-order valence-corrected chi connectivity index (χ2v) is 4.19. The van der Waals surface area contributed by atoms with Crippen LogP contribution in [0.5, 0.6) is 0 Å². The van der Waals surface area contributed by atoms with Gasteiger partial charge in [0, 0.05) is 26.0 Å². The van der Waals surface area contributed by atoms with Crippen molar-refractivity contribution in [2.24, 2.45) is 5.73 Å². The molecule has 5 nitrogen and oxygen atoms in total. The Morgan fingerprint density at radius 1 is 1.33 bits per heavy atom. The van der Waals surface area contributed by atoms with Crippen molar-refractivity contribution in [2.75, 3.05) is 13.7 Å². The molecule has 0 saturated heterocycles. The molecule has 0 saturated carbocycles. The Morgan fingerprint density at radius 2 is 2.11 bits per heavy atom. The first-order valence-electron chi connectivity index (χ1n) is 5.88. The molecule has 0 bridgehead atoms. The summed E-state index contributed by atoms with van der Waals surface area (Å²) < 4.78 is 10.1. The van der Waals surface area contributed by atoms with Crippen molar-refractivity contribution in [1.29, 1.82) is 0 Å². The minimum Gasteiger partial charge on any atom is -0.383 e. The van der Waals surface area contributed by atoms with Crippen molar-refractivity contribution in [3.8, 4) is 0 Å². The number of hydrogen-bond donors (Lipinski definition) is 1. The van der Waals surface area contributed by atoms with Gasteiger partial charge in [0.05, 0.1) is 6.61 Å². The Morgan fingerprint density at radius 3 is 2.83 bits per heavy atom. The standard InChI is InChI=1S/C13H17N3O2/c1-17-9-11(14)8-13-15-12(16-18-13)7-10-5-3-2-4-6-10/h2-6,11H,7-9,14H2,1H3. The van der Waals surface area contributed by atoms with E-state index < -0.39 is 0 Å². The van der Waals surface area contributed by atoms with E-state index in [2.05, 4.69) is 10.1 Å². The topological polar surface area (TPSA) is 74.2 Å². The molecule has 2 rings (SSSR count). The SMILES string of the molecule is COCC(N)Cc1nc(Cc2ccccc2)no1. The molecule has 2 N–H and O–H groups in total. The molecule has 2 aromatic rings. The van der Waals surface area contributed by atoms with E-state index in [1.807, 2.05) is 30.3 Å². The smallest absolute Gasteiger partial charge is 0.228 e. The highest BCUT2D eigenvalue weighted by Crippen LogP contribution is 2.07. The van der Waals surface area contributed by atoms with Crippen molar-refractivity contribution in [3.63, 3.8) is 0 Å². The lowest BCUT2D eigenvalue weighted by Gasteiger charge is -2.05. The maximum atomic E-state index is 5.83. The van der Waals surface area contributed by atoms with E-state index in [4.69, 9.17) is 15.0 Å². The summed E-state index contributed by atoms with van der Waals surface area (Å²) >= 11 is 0. The summed E-state index contributed by atoms with van der Waals surface area (Å²) in [6.45, 7) is 0.483. The summed E-state index contributed by atoms with van der Waals surface area (Å²) in [5.41, 5.74) is 6.98. The summed E-state index contributed by atoms with van der Waals surface area (Å²) in [5.74, 6) is 1.24. The normalized spacial score (nSPS) is 12.6. The van der Waals surface area contributed by atoms with Gasteiger partial charge in [-0.1, -0.05) is 35.5 Å². The van der Waals surface area contributed by atoms with Crippen molar-refractivity contribution in [1.82, 2.24) is 10.1 Å². The van der Waals surface area contributed by atoms with Gasteiger partial charge < -0.3 is 15.0 Å². The van der Waals surface area contributed by atoms with Gasteiger partial charge in [-0.05, 0) is 5.56 Å². The van der Waals surface area contributed by atoms with Gasteiger partial charge in [0.2, 0.25) is 5.89 Å². The number of aromatic nitrogens is 2. The minimum atomic E-state index is -0.111. The van der Waals surface area contributed by atoms with Crippen LogP contribution in [0.15, 0.2) is 34.9 Å². The third kappa shape index (κ3) is 3.65. The van der Waals surface area contributed by atoms with Gasteiger partial charge in [-0.25, -0.2) is 0 Å². The summed E-state index contributed by atoms with van der Waals surface area (Å²) in [5, 5.41) is 3.94. The first-order chi connectivity index (χ1) is 8.78. The molecule has 1 unspecified atom stereocenters. The van der Waals surface area contributed by atoms with Crippen LogP contribution in [0.25, 0.3) is 0 Å². The summed E-state index contributed by atoms with van der Waals surface area (Å²) in [6.07, 6.45) is 1.21. The van der Waals surface area contributed by atoms with Gasteiger partial charge in [0.25, 0.3) is 0 Å². The zero-order chi connectivity index (χ0) is 12.8. The Kier molecular flexibility index (Phi) is 4.44. The van der Waals surface area contributed by atoms with Crippen LogP contribution < -0.4 is 5.73 Å². The molecular formula is C13H17N3O2. The summed E-state index contributed by atoms with van der Waals surface area (Å²) in [4.78, 5) is 4.31. The van der Waals surface area contributed by atoms with E-state index in [1.54, 1.807) is 7.11 Å². The average molecular weight is 247 g/mol. The highest BCUT2D eigenvalue weighted by molar-refractivity contribution is 5.18. The molecule has 18 heavy (non-hydrogen) atoms. The van der Waals surface area contributed by atoms with Gasteiger partial charge in [0.15, 0.2) is 5.82 Å². The first-order valence-corrected chi connectivity index (χ1v) is 5.88. The van der Waals surface area contributed by atoms with E-state index in [9.17, 15) is 0 Å². The third-order valence-corrected chi connectivity index (χ3v) is 2.53. The third-order valence-electron chi connectivity index (χ3n) is 2.53. The van der Waals surface area contributed by atoms with Crippen LogP contribution >= 0.6 is 0 Å². The quantitative estimate of drug-likeness (QED) is 0.829. The van der Waals surface area contributed by atoms with Crippen LogP contribution in [-0.2, 0) is 17.6 Å². The molecule has 0 aliphatic rings. The van der Waals surface area contributed by atoms with Crippen molar-refractivity contribution in [2.45, 2.75) is 18.9 Å². The van der Waals surface area contributed by atoms with E-state index in [0.717, 1.165) is 5.56 Å². The number of hydrogen-bond acceptors (Lipinski definition) is 5. The Bertz CT molecular complexity index is 470. The zero-order valence-electron chi connectivity index (χ0n) is 10.4. The fraction of sp³-hybridized carbons (Fsp3) is 0.385. The van der Waals surface area contributed by atoms with Gasteiger partial charge >= 0.3 is 0 Å². The molecule has 0 spiro atoms. The number of rotatable bonds is 6. The Balaban J connectivity index is 1.94. The predicted octanol–water partition coefficient (Wildman–Crippen LogP) is 1.18. The van der Waals surface area contributed by atoms with Crippen molar-refractivity contribution >= 4 is 0 Å². The maximum absolute atomic E-state index is 5.83. The molecule has 96 valence electrons. The molecule has 0 aliphatic heterocycles. The predicted molar refractivity (Wildman–Crippen MR) is 67.1 cm³/mol. The van der Waals surface area contributed by atoms with Crippen molar-refractivity contribution < 1.29 is 9.26 Å². The van der Waals surface area contributed by atoms with Crippen LogP contribution in [0.2, 0.25) is 0 Å². The van der Waals surface area contributed by atoms with Gasteiger partial charge in [-0.2, -0.15) is 4.98 Å². The first kappa shape index (κ1) is 12.7. The number of benzene rings is 1. The molecule has 1 heterocycles. The summed E-state index contributed by atoms with van der Waals surface area (Å²) in [6, 6.07) is 9.92. The number of methoxy groups -OCH3 is 1. The van der Waals surface area contributed by atoms with E-state index >= 15 is 0 Å². The van der Waals surface area contributed by atoms with E-state index in [-0.39, 0.29) is 6.04 Å². The highest BCUT2D eigenvalue weighted by Gasteiger charge is 2.11. The van der Waals surface area contributed by atoms with Crippen molar-refractivity contribution in [3.05, 3.63) is 47.6 Å². The molecular weight excluding hydrogens is 230 g/mol. The molecule has 1 atom stereocenters. The monoisotopic (exact) mass is 247 g/mol. The molecule has 1 aromatic carbocycles. The largest absolute Gasteiger partial charge is 0.383 e. The number of nitrogens with two attached hydrogens (primary N) is 1. The fourth-order valence-electron chi connectivity index (χ4n) is 1.72. The van der Waals surface area contributed by atoms with Gasteiger partial charge in [-0.15, -0.1) is 0 Å². The van der Waals surface area contributed by atoms with Crippen LogP contribution in [0.1, 0.15) is 17.3 Å². The molecule has 0 amide bonds. The lowest BCUT2D eigenvalue weighted by Crippen LogP contribution is -2.28. The fourth-order valence-corrected chi connectivity index (χ4v) is 1.72. The minimum absolute atomic E-state index is 0.111. The second-order valence-electron chi connectivity index (χ2n) is 4.19. The molecule has 5 heteroatoms. The zero-order valence-corrected chi connectivity index (χ0v) is 10.4. The molecule has 0 radical (unpaired) electrons. The number of nitrogens with zero attached hydrogens (tertiary/aromatic N) is 2. The van der Waals surface area contributed by atoms with Crippen LogP contribution in [0.3, 0.4) is 0 Å². The molecule has 0 aliphatic carbocycles. The Labute approximate surface area is 106 Å². The molecule has 0 fully saturated rings. The van der Waals surface area contributed by atoms with E-state index in [1.165, 1.54) is 0 Å². The van der Waals surface area contributed by atoms with Crippen LogP contribution in [-0.4, -0.2) is 29.9 Å². The van der Waals surface area contributed by atoms with Gasteiger partial charge in [-0.3, -0.25) is 0 Å². The van der Waals surface area contributed by atoms with E-state index in [0.29, 0.717) is 31.2 Å². The lowest BCUT2D eigenvalue weighted by atomic mass is 10.1. The average Bonchev–Trinajstić information content (AvgIpc) is 2.78. The highest BCUT2D eigenvalue weighted by atomic mass is 16.5. The lowest BCUT2D eigenvalue weighted by molar-refractivity contribution is 0.176.